The Morgan fingerprint density at radius 3 is 2.10 bits per heavy atom. The zero-order valence-electron chi connectivity index (χ0n) is 16.1. The number of alkyl halides is 2. The van der Waals surface area contributed by atoms with Crippen LogP contribution in [0.5, 0.6) is 5.75 Å². The minimum atomic E-state index is -3.81. The molecule has 156 valence electrons. The summed E-state index contributed by atoms with van der Waals surface area (Å²) in [6.07, 6.45) is 5.80. The molecule has 3 rings (SSSR count). The average molecular weight is 410 g/mol. The summed E-state index contributed by atoms with van der Waals surface area (Å²) in [5.41, 5.74) is 0.548. The summed E-state index contributed by atoms with van der Waals surface area (Å²) in [5, 5.41) is 0. The summed E-state index contributed by atoms with van der Waals surface area (Å²) < 4.78 is 72.6. The maximum atomic E-state index is 14.4. The van der Waals surface area contributed by atoms with E-state index in [-0.39, 0.29) is 0 Å². The zero-order valence-corrected chi connectivity index (χ0v) is 16.1. The van der Waals surface area contributed by atoms with E-state index < -0.39 is 34.9 Å². The van der Waals surface area contributed by atoms with Crippen molar-refractivity contribution in [3.63, 3.8) is 0 Å². The number of ether oxygens (including phenoxy) is 1. The van der Waals surface area contributed by atoms with Gasteiger partial charge in [-0.25, -0.2) is 13.2 Å². The van der Waals surface area contributed by atoms with E-state index >= 15 is 0 Å². The quantitative estimate of drug-likeness (QED) is 0.273. The van der Waals surface area contributed by atoms with Crippen molar-refractivity contribution >= 4 is 0 Å². The van der Waals surface area contributed by atoms with Gasteiger partial charge in [0.15, 0.2) is 17.5 Å². The van der Waals surface area contributed by atoms with Crippen LogP contribution in [0.2, 0.25) is 0 Å². The van der Waals surface area contributed by atoms with Crippen LogP contribution < -0.4 is 4.74 Å². The first-order chi connectivity index (χ1) is 13.8. The molecule has 29 heavy (non-hydrogen) atoms. The normalized spacial score (nSPS) is 20.2. The van der Waals surface area contributed by atoms with Crippen LogP contribution in [0.4, 0.5) is 22.0 Å². The summed E-state index contributed by atoms with van der Waals surface area (Å²) in [4.78, 5) is 0. The molecule has 2 aromatic rings. The Balaban J connectivity index is 1.67. The maximum absolute atomic E-state index is 14.4. The molecule has 0 aromatic heterocycles. The molecule has 0 amide bonds. The topological polar surface area (TPSA) is 9.23 Å². The Labute approximate surface area is 167 Å². The average Bonchev–Trinajstić information content (AvgIpc) is 2.70. The van der Waals surface area contributed by atoms with Gasteiger partial charge in [0, 0.05) is 12.1 Å². The molecule has 2 aromatic carbocycles. The van der Waals surface area contributed by atoms with Crippen LogP contribution in [0.1, 0.15) is 56.1 Å². The molecule has 1 aliphatic rings. The second-order valence-electron chi connectivity index (χ2n) is 7.39. The zero-order chi connectivity index (χ0) is 21.0. The monoisotopic (exact) mass is 410 g/mol. The van der Waals surface area contributed by atoms with Crippen molar-refractivity contribution in [2.24, 2.45) is 5.92 Å². The predicted octanol–water partition coefficient (Wildman–Crippen LogP) is 7.47. The third-order valence-electron chi connectivity index (χ3n) is 5.34. The molecule has 1 nitrogen and oxygen atoms in total. The molecule has 0 heterocycles. The van der Waals surface area contributed by atoms with Crippen LogP contribution >= 0.6 is 0 Å². The Kier molecular flexibility index (Phi) is 6.60. The van der Waals surface area contributed by atoms with Crippen LogP contribution in [0.15, 0.2) is 48.6 Å². The van der Waals surface area contributed by atoms with Crippen molar-refractivity contribution in [1.82, 2.24) is 0 Å². The molecule has 0 unspecified atom stereocenters. The van der Waals surface area contributed by atoms with E-state index in [1.165, 1.54) is 12.1 Å². The lowest BCUT2D eigenvalue weighted by Crippen LogP contribution is -2.22. The number of hydrogen-bond donors (Lipinski definition) is 0. The largest absolute Gasteiger partial charge is 0.429 e. The van der Waals surface area contributed by atoms with Gasteiger partial charge in [-0.3, -0.25) is 0 Å². The van der Waals surface area contributed by atoms with Gasteiger partial charge in [-0.05, 0) is 61.6 Å². The van der Waals surface area contributed by atoms with Gasteiger partial charge < -0.3 is 4.74 Å². The summed E-state index contributed by atoms with van der Waals surface area (Å²) >= 11 is 0. The lowest BCUT2D eigenvalue weighted by molar-refractivity contribution is -0.185. The van der Waals surface area contributed by atoms with E-state index in [1.807, 2.05) is 0 Å². The molecule has 0 spiro atoms. The van der Waals surface area contributed by atoms with Gasteiger partial charge in [-0.1, -0.05) is 31.2 Å². The third-order valence-corrected chi connectivity index (χ3v) is 5.34. The fourth-order valence-electron chi connectivity index (χ4n) is 3.72. The highest BCUT2D eigenvalue weighted by atomic mass is 19.3. The van der Waals surface area contributed by atoms with Crippen LogP contribution in [-0.2, 0) is 6.11 Å². The molecular formula is C23H23F5O. The van der Waals surface area contributed by atoms with Gasteiger partial charge in [0.25, 0.3) is 0 Å². The first-order valence-electron chi connectivity index (χ1n) is 9.78. The van der Waals surface area contributed by atoms with Crippen molar-refractivity contribution in [1.29, 1.82) is 0 Å². The summed E-state index contributed by atoms with van der Waals surface area (Å²) in [5.74, 6) is -4.78. The highest BCUT2D eigenvalue weighted by molar-refractivity contribution is 5.30. The molecule has 1 fully saturated rings. The minimum Gasteiger partial charge on any atom is -0.429 e. The fourth-order valence-corrected chi connectivity index (χ4v) is 3.72. The SMILES string of the molecule is CCC=C[C@H]1CC[C@H](c2ccc(C(F)(F)Oc3cc(F)c(F)c(F)c3)cc2)CC1. The Hall–Kier alpha value is -2.37. The minimum absolute atomic E-state index is 0.324. The Morgan fingerprint density at radius 2 is 1.55 bits per heavy atom. The molecule has 0 saturated heterocycles. The molecule has 0 bridgehead atoms. The second-order valence-corrected chi connectivity index (χ2v) is 7.39. The third kappa shape index (κ3) is 5.17. The van der Waals surface area contributed by atoms with Crippen molar-refractivity contribution in [2.45, 2.75) is 51.1 Å². The van der Waals surface area contributed by atoms with E-state index in [9.17, 15) is 22.0 Å². The maximum Gasteiger partial charge on any atom is 0.426 e. The summed E-state index contributed by atoms with van der Waals surface area (Å²) in [7, 11) is 0. The lowest BCUT2D eigenvalue weighted by atomic mass is 9.78. The number of halogens is 5. The van der Waals surface area contributed by atoms with Gasteiger partial charge in [-0.15, -0.1) is 0 Å². The molecule has 0 atom stereocenters. The van der Waals surface area contributed by atoms with Crippen molar-refractivity contribution < 1.29 is 26.7 Å². The Morgan fingerprint density at radius 1 is 0.966 bits per heavy atom. The van der Waals surface area contributed by atoms with Gasteiger partial charge in [0.2, 0.25) is 0 Å². The Bertz CT molecular complexity index is 829. The van der Waals surface area contributed by atoms with Crippen LogP contribution in [0.25, 0.3) is 0 Å². The van der Waals surface area contributed by atoms with E-state index in [1.54, 1.807) is 12.1 Å². The number of benzene rings is 2. The van der Waals surface area contributed by atoms with Crippen LogP contribution in [0, 0.1) is 23.4 Å². The van der Waals surface area contributed by atoms with Crippen molar-refractivity contribution in [3.8, 4) is 5.75 Å². The molecule has 0 radical (unpaired) electrons. The van der Waals surface area contributed by atoms with E-state index in [0.717, 1.165) is 37.7 Å². The number of allylic oxidation sites excluding steroid dienone is 2. The molecule has 0 N–H and O–H groups in total. The standard InChI is InChI=1S/C23H23F5O/c1-2-3-4-15-5-7-16(8-6-15)17-9-11-18(12-10-17)23(27,28)29-19-13-20(24)22(26)21(25)14-19/h3-4,9-16H,2,5-8H2,1H3/t15-,16-. The highest BCUT2D eigenvalue weighted by Crippen LogP contribution is 2.38. The van der Waals surface area contributed by atoms with Gasteiger partial charge in [0.1, 0.15) is 5.75 Å². The van der Waals surface area contributed by atoms with Crippen LogP contribution in [0.3, 0.4) is 0 Å². The fraction of sp³-hybridized carbons (Fsp3) is 0.391. The molecule has 1 aliphatic carbocycles. The van der Waals surface area contributed by atoms with Gasteiger partial charge in [0.05, 0.1) is 5.56 Å². The van der Waals surface area contributed by atoms with E-state index in [4.69, 9.17) is 0 Å². The van der Waals surface area contributed by atoms with E-state index in [0.29, 0.717) is 24.0 Å². The smallest absolute Gasteiger partial charge is 0.426 e. The van der Waals surface area contributed by atoms with Crippen LogP contribution in [-0.4, -0.2) is 0 Å². The molecule has 1 saturated carbocycles. The molecule has 6 heteroatoms. The first-order valence-corrected chi connectivity index (χ1v) is 9.78. The lowest BCUT2D eigenvalue weighted by Gasteiger charge is -2.27. The molecular weight excluding hydrogens is 387 g/mol. The van der Waals surface area contributed by atoms with E-state index in [2.05, 4.69) is 23.8 Å². The summed E-state index contributed by atoms with van der Waals surface area (Å²) in [6.45, 7) is 2.10. The number of rotatable bonds is 6. The van der Waals surface area contributed by atoms with Crippen molar-refractivity contribution in [3.05, 3.63) is 77.1 Å². The highest BCUT2D eigenvalue weighted by Gasteiger charge is 2.35. The first kappa shape index (κ1) is 21.3. The number of hydrogen-bond acceptors (Lipinski definition) is 1. The predicted molar refractivity (Wildman–Crippen MR) is 101 cm³/mol. The second kappa shape index (κ2) is 8.97. The summed E-state index contributed by atoms with van der Waals surface area (Å²) in [6, 6.07) is 6.60. The molecule has 0 aliphatic heterocycles. The van der Waals surface area contributed by atoms with Crippen molar-refractivity contribution in [2.75, 3.05) is 0 Å². The van der Waals surface area contributed by atoms with Gasteiger partial charge in [-0.2, -0.15) is 8.78 Å². The van der Waals surface area contributed by atoms with Gasteiger partial charge >= 0.3 is 6.11 Å².